The van der Waals surface area contributed by atoms with Crippen LogP contribution in [-0.4, -0.2) is 20.7 Å². The molecule has 0 fully saturated rings. The summed E-state index contributed by atoms with van der Waals surface area (Å²) in [7, 11) is 0. The molecule has 4 rings (SSSR count). The van der Waals surface area contributed by atoms with Crippen LogP contribution in [0.3, 0.4) is 0 Å². The van der Waals surface area contributed by atoms with Gasteiger partial charge in [-0.05, 0) is 43.7 Å². The maximum absolute atomic E-state index is 12.7. The fraction of sp³-hybridized carbons (Fsp3) is 0.150. The van der Waals surface area contributed by atoms with Crippen molar-refractivity contribution in [2.75, 3.05) is 5.32 Å². The van der Waals surface area contributed by atoms with E-state index in [0.29, 0.717) is 23.7 Å². The van der Waals surface area contributed by atoms with Gasteiger partial charge in [0.2, 0.25) is 0 Å². The molecular weight excluding hydrogens is 328 g/mol. The Morgan fingerprint density at radius 1 is 1.12 bits per heavy atom. The molecule has 0 radical (unpaired) electrons. The molecule has 0 aliphatic heterocycles. The summed E-state index contributed by atoms with van der Waals surface area (Å²) in [5.41, 5.74) is 3.73. The number of amides is 1. The van der Waals surface area contributed by atoms with Gasteiger partial charge < -0.3 is 9.73 Å². The average Bonchev–Trinajstić information content (AvgIpc) is 3.20. The van der Waals surface area contributed by atoms with Crippen molar-refractivity contribution >= 4 is 22.7 Å². The highest BCUT2D eigenvalue weighted by atomic mass is 16.3. The molecule has 0 atom stereocenters. The number of rotatable bonds is 4. The fourth-order valence-electron chi connectivity index (χ4n) is 2.95. The zero-order valence-electron chi connectivity index (χ0n) is 14.6. The van der Waals surface area contributed by atoms with Crippen molar-refractivity contribution in [3.63, 3.8) is 0 Å². The van der Waals surface area contributed by atoms with E-state index in [4.69, 9.17) is 4.42 Å². The van der Waals surface area contributed by atoms with Gasteiger partial charge in [-0.25, -0.2) is 4.68 Å². The normalized spacial score (nSPS) is 11.0. The van der Waals surface area contributed by atoms with Gasteiger partial charge in [-0.2, -0.15) is 5.10 Å². The molecule has 6 heteroatoms. The van der Waals surface area contributed by atoms with Crippen LogP contribution < -0.4 is 5.32 Å². The summed E-state index contributed by atoms with van der Waals surface area (Å²) >= 11 is 0. The van der Waals surface area contributed by atoms with E-state index in [1.54, 1.807) is 29.3 Å². The second-order valence-electron chi connectivity index (χ2n) is 6.24. The van der Waals surface area contributed by atoms with Crippen molar-refractivity contribution in [2.24, 2.45) is 0 Å². The predicted octanol–water partition coefficient (Wildman–Crippen LogP) is 3.94. The molecule has 0 spiro atoms. The molecular formula is C20H18N4O2. The lowest BCUT2D eigenvalue weighted by atomic mass is 10.1. The van der Waals surface area contributed by atoms with Gasteiger partial charge in [0.15, 0.2) is 5.76 Å². The molecule has 0 aliphatic carbocycles. The van der Waals surface area contributed by atoms with E-state index in [0.717, 1.165) is 22.1 Å². The first-order chi connectivity index (χ1) is 12.6. The number of benzene rings is 1. The van der Waals surface area contributed by atoms with Crippen LogP contribution >= 0.6 is 0 Å². The molecule has 26 heavy (non-hydrogen) atoms. The number of anilines is 1. The predicted molar refractivity (Wildman–Crippen MR) is 99.2 cm³/mol. The Morgan fingerprint density at radius 3 is 2.73 bits per heavy atom. The number of carbonyl (C=O) groups excluding carboxylic acids is 1. The van der Waals surface area contributed by atoms with Gasteiger partial charge in [0.05, 0.1) is 12.7 Å². The minimum atomic E-state index is -0.284. The Balaban J connectivity index is 1.60. The van der Waals surface area contributed by atoms with Crippen molar-refractivity contribution in [3.05, 3.63) is 77.4 Å². The third-order valence-corrected chi connectivity index (χ3v) is 4.34. The van der Waals surface area contributed by atoms with Crippen molar-refractivity contribution < 1.29 is 9.21 Å². The summed E-state index contributed by atoms with van der Waals surface area (Å²) in [6, 6.07) is 11.5. The summed E-state index contributed by atoms with van der Waals surface area (Å²) in [5.74, 6) is 0.651. The van der Waals surface area contributed by atoms with E-state index >= 15 is 0 Å². The topological polar surface area (TPSA) is 73.0 Å². The van der Waals surface area contributed by atoms with Gasteiger partial charge in [-0.1, -0.05) is 11.6 Å². The average molecular weight is 346 g/mol. The molecule has 130 valence electrons. The van der Waals surface area contributed by atoms with E-state index in [1.807, 2.05) is 44.2 Å². The zero-order chi connectivity index (χ0) is 18.1. The van der Waals surface area contributed by atoms with Crippen molar-refractivity contribution in [1.29, 1.82) is 0 Å². The SMILES string of the molecule is Cc1ccc2oc(C(=O)Nc3ccnn3Cc3ccncc3)c(C)c2c1. The number of hydrogen-bond donors (Lipinski definition) is 1. The number of nitrogens with zero attached hydrogens (tertiary/aromatic N) is 3. The Bertz CT molecular complexity index is 1080. The number of pyridine rings is 1. The number of nitrogens with one attached hydrogen (secondary N) is 1. The van der Waals surface area contributed by atoms with E-state index < -0.39 is 0 Å². The Morgan fingerprint density at radius 2 is 1.92 bits per heavy atom. The maximum atomic E-state index is 12.7. The molecule has 6 nitrogen and oxygen atoms in total. The highest BCUT2D eigenvalue weighted by Gasteiger charge is 2.19. The summed E-state index contributed by atoms with van der Waals surface area (Å²) in [4.78, 5) is 16.7. The van der Waals surface area contributed by atoms with E-state index in [9.17, 15) is 4.79 Å². The van der Waals surface area contributed by atoms with Crippen LogP contribution in [0.4, 0.5) is 5.82 Å². The van der Waals surface area contributed by atoms with Gasteiger partial charge in [0.25, 0.3) is 5.91 Å². The van der Waals surface area contributed by atoms with Crippen LogP contribution in [0.5, 0.6) is 0 Å². The van der Waals surface area contributed by atoms with Crippen LogP contribution in [0.2, 0.25) is 0 Å². The third-order valence-electron chi connectivity index (χ3n) is 4.34. The molecule has 0 saturated carbocycles. The Hall–Kier alpha value is -3.41. The molecule has 0 aliphatic rings. The minimum Gasteiger partial charge on any atom is -0.451 e. The number of fused-ring (bicyclic) bond motifs is 1. The molecule has 1 aromatic carbocycles. The lowest BCUT2D eigenvalue weighted by molar-refractivity contribution is 0.0997. The number of aromatic nitrogens is 3. The smallest absolute Gasteiger partial charge is 0.292 e. The number of carbonyl (C=O) groups is 1. The lowest BCUT2D eigenvalue weighted by Gasteiger charge is -2.08. The molecule has 1 amide bonds. The van der Waals surface area contributed by atoms with Crippen LogP contribution in [0, 0.1) is 13.8 Å². The fourth-order valence-corrected chi connectivity index (χ4v) is 2.95. The second kappa shape index (κ2) is 6.48. The summed E-state index contributed by atoms with van der Waals surface area (Å²) in [6.45, 7) is 4.46. The Labute approximate surface area is 150 Å². The van der Waals surface area contributed by atoms with Crippen LogP contribution in [0.1, 0.15) is 27.2 Å². The van der Waals surface area contributed by atoms with E-state index in [-0.39, 0.29) is 5.91 Å². The maximum Gasteiger partial charge on any atom is 0.292 e. The minimum absolute atomic E-state index is 0.284. The lowest BCUT2D eigenvalue weighted by Crippen LogP contribution is -2.16. The third kappa shape index (κ3) is 2.97. The number of furan rings is 1. The molecule has 3 heterocycles. The molecule has 0 bridgehead atoms. The van der Waals surface area contributed by atoms with Crippen LogP contribution in [0.25, 0.3) is 11.0 Å². The second-order valence-corrected chi connectivity index (χ2v) is 6.24. The van der Waals surface area contributed by atoms with Gasteiger partial charge >= 0.3 is 0 Å². The molecule has 0 saturated heterocycles. The van der Waals surface area contributed by atoms with Crippen molar-refractivity contribution in [2.45, 2.75) is 20.4 Å². The standard InChI is InChI=1S/C20H18N4O2/c1-13-3-4-17-16(11-13)14(2)19(26-17)20(25)23-18-7-10-22-24(18)12-15-5-8-21-9-6-15/h3-11H,12H2,1-2H3,(H,23,25). The largest absolute Gasteiger partial charge is 0.451 e. The van der Waals surface area contributed by atoms with Gasteiger partial charge in [0, 0.05) is 29.4 Å². The quantitative estimate of drug-likeness (QED) is 0.607. The first-order valence-corrected chi connectivity index (χ1v) is 8.33. The highest BCUT2D eigenvalue weighted by molar-refractivity contribution is 6.06. The van der Waals surface area contributed by atoms with Crippen LogP contribution in [-0.2, 0) is 6.54 Å². The summed E-state index contributed by atoms with van der Waals surface area (Å²) in [6.07, 6.45) is 5.12. The van der Waals surface area contributed by atoms with Crippen LogP contribution in [0.15, 0.2) is 59.4 Å². The molecule has 3 aromatic heterocycles. The number of hydrogen-bond acceptors (Lipinski definition) is 4. The van der Waals surface area contributed by atoms with Gasteiger partial charge in [-0.3, -0.25) is 9.78 Å². The van der Waals surface area contributed by atoms with Crippen molar-refractivity contribution in [1.82, 2.24) is 14.8 Å². The first kappa shape index (κ1) is 16.1. The molecule has 1 N–H and O–H groups in total. The van der Waals surface area contributed by atoms with E-state index in [1.165, 1.54) is 0 Å². The van der Waals surface area contributed by atoms with Gasteiger partial charge in [-0.15, -0.1) is 0 Å². The molecule has 0 unspecified atom stereocenters. The van der Waals surface area contributed by atoms with E-state index in [2.05, 4.69) is 15.4 Å². The highest BCUT2D eigenvalue weighted by Crippen LogP contribution is 2.27. The molecule has 4 aromatic rings. The van der Waals surface area contributed by atoms with Gasteiger partial charge in [0.1, 0.15) is 11.4 Å². The summed E-state index contributed by atoms with van der Waals surface area (Å²) < 4.78 is 7.50. The monoisotopic (exact) mass is 346 g/mol. The summed E-state index contributed by atoms with van der Waals surface area (Å²) in [5, 5.41) is 8.14. The Kier molecular flexibility index (Phi) is 4.01. The van der Waals surface area contributed by atoms with Crippen molar-refractivity contribution in [3.8, 4) is 0 Å². The number of aryl methyl sites for hydroxylation is 2. The first-order valence-electron chi connectivity index (χ1n) is 8.33. The zero-order valence-corrected chi connectivity index (χ0v) is 14.6.